The Balaban J connectivity index is 1.58. The van der Waals surface area contributed by atoms with Crippen LogP contribution < -0.4 is 0 Å². The molecule has 1 unspecified atom stereocenters. The van der Waals surface area contributed by atoms with Gasteiger partial charge in [-0.3, -0.25) is 0 Å². The SMILES string of the molecule is CC1CCc2c(sc3ncnc(SCc4ccc(C(C)(C)C)cc4)c23)C1. The number of aromatic nitrogens is 2. The van der Waals surface area contributed by atoms with Gasteiger partial charge in [-0.25, -0.2) is 9.97 Å². The second-order valence-electron chi connectivity index (χ2n) is 8.45. The van der Waals surface area contributed by atoms with Crippen molar-refractivity contribution >= 4 is 33.3 Å². The van der Waals surface area contributed by atoms with E-state index in [-0.39, 0.29) is 5.41 Å². The van der Waals surface area contributed by atoms with Gasteiger partial charge in [-0.2, -0.15) is 0 Å². The Morgan fingerprint density at radius 1 is 1.15 bits per heavy atom. The monoisotopic (exact) mass is 382 g/mol. The molecule has 1 atom stereocenters. The topological polar surface area (TPSA) is 25.8 Å². The number of hydrogen-bond donors (Lipinski definition) is 0. The zero-order valence-corrected chi connectivity index (χ0v) is 17.6. The molecule has 0 N–H and O–H groups in total. The summed E-state index contributed by atoms with van der Waals surface area (Å²) in [4.78, 5) is 11.9. The number of hydrogen-bond acceptors (Lipinski definition) is 4. The first-order valence-corrected chi connectivity index (χ1v) is 11.2. The van der Waals surface area contributed by atoms with Crippen molar-refractivity contribution in [3.63, 3.8) is 0 Å². The van der Waals surface area contributed by atoms with E-state index in [1.54, 1.807) is 6.33 Å². The highest BCUT2D eigenvalue weighted by Gasteiger charge is 2.23. The van der Waals surface area contributed by atoms with Crippen LogP contribution in [-0.2, 0) is 24.0 Å². The minimum absolute atomic E-state index is 0.206. The van der Waals surface area contributed by atoms with E-state index in [9.17, 15) is 0 Å². The van der Waals surface area contributed by atoms with Gasteiger partial charge in [-0.15, -0.1) is 23.1 Å². The Morgan fingerprint density at radius 3 is 2.65 bits per heavy atom. The van der Waals surface area contributed by atoms with Gasteiger partial charge in [0, 0.05) is 16.0 Å². The highest BCUT2D eigenvalue weighted by molar-refractivity contribution is 7.98. The fraction of sp³-hybridized carbons (Fsp3) is 0.455. The predicted molar refractivity (Wildman–Crippen MR) is 113 cm³/mol. The summed E-state index contributed by atoms with van der Waals surface area (Å²) in [6.07, 6.45) is 5.40. The molecule has 2 nitrogen and oxygen atoms in total. The van der Waals surface area contributed by atoms with Crippen LogP contribution in [0.2, 0.25) is 0 Å². The molecule has 0 spiro atoms. The van der Waals surface area contributed by atoms with E-state index in [1.807, 2.05) is 23.1 Å². The molecular weight excluding hydrogens is 356 g/mol. The maximum Gasteiger partial charge on any atom is 0.128 e. The van der Waals surface area contributed by atoms with Crippen LogP contribution in [0, 0.1) is 5.92 Å². The third-order valence-corrected chi connectivity index (χ3v) is 7.48. The molecule has 136 valence electrons. The predicted octanol–water partition coefficient (Wildman–Crippen LogP) is 6.41. The van der Waals surface area contributed by atoms with Crippen LogP contribution in [0.25, 0.3) is 10.2 Å². The number of nitrogens with zero attached hydrogens (tertiary/aromatic N) is 2. The van der Waals surface area contributed by atoms with Gasteiger partial charge in [0.2, 0.25) is 0 Å². The van der Waals surface area contributed by atoms with Crippen molar-refractivity contribution in [1.82, 2.24) is 9.97 Å². The maximum atomic E-state index is 4.64. The van der Waals surface area contributed by atoms with Crippen molar-refractivity contribution < 1.29 is 0 Å². The molecule has 0 radical (unpaired) electrons. The summed E-state index contributed by atoms with van der Waals surface area (Å²) >= 11 is 3.73. The molecule has 4 heteroatoms. The zero-order chi connectivity index (χ0) is 18.3. The molecule has 0 saturated carbocycles. The zero-order valence-electron chi connectivity index (χ0n) is 16.0. The summed E-state index contributed by atoms with van der Waals surface area (Å²) in [5.41, 5.74) is 4.47. The summed E-state index contributed by atoms with van der Waals surface area (Å²) in [5.74, 6) is 1.75. The van der Waals surface area contributed by atoms with Crippen LogP contribution >= 0.6 is 23.1 Å². The number of benzene rings is 1. The second kappa shape index (κ2) is 6.97. The lowest BCUT2D eigenvalue weighted by atomic mass is 9.87. The van der Waals surface area contributed by atoms with Crippen LogP contribution in [0.15, 0.2) is 35.6 Å². The Morgan fingerprint density at radius 2 is 1.92 bits per heavy atom. The Labute approximate surface area is 164 Å². The Kier molecular flexibility index (Phi) is 4.83. The fourth-order valence-corrected chi connectivity index (χ4v) is 6.00. The summed E-state index contributed by atoms with van der Waals surface area (Å²) in [6, 6.07) is 9.05. The molecule has 2 aromatic heterocycles. The fourth-order valence-electron chi connectivity index (χ4n) is 3.61. The van der Waals surface area contributed by atoms with E-state index in [0.29, 0.717) is 0 Å². The van der Waals surface area contributed by atoms with Crippen molar-refractivity contribution in [2.75, 3.05) is 0 Å². The van der Waals surface area contributed by atoms with E-state index in [2.05, 4.69) is 61.9 Å². The number of thiophene rings is 1. The largest absolute Gasteiger partial charge is 0.229 e. The second-order valence-corrected chi connectivity index (χ2v) is 10.5. The van der Waals surface area contributed by atoms with Crippen molar-refractivity contribution in [2.24, 2.45) is 5.92 Å². The lowest BCUT2D eigenvalue weighted by molar-refractivity contribution is 0.509. The van der Waals surface area contributed by atoms with Gasteiger partial charge in [0.05, 0.1) is 0 Å². The quantitative estimate of drug-likeness (QED) is 0.387. The van der Waals surface area contributed by atoms with Gasteiger partial charge in [-0.05, 0) is 47.3 Å². The van der Waals surface area contributed by atoms with Crippen molar-refractivity contribution in [3.8, 4) is 0 Å². The number of rotatable bonds is 3. The van der Waals surface area contributed by atoms with E-state index < -0.39 is 0 Å². The van der Waals surface area contributed by atoms with Gasteiger partial charge in [0.15, 0.2) is 0 Å². The first kappa shape index (κ1) is 18.0. The standard InChI is InChI=1S/C22H26N2S2/c1-14-5-10-17-18(11-14)26-21-19(17)20(23-13-24-21)25-12-15-6-8-16(9-7-15)22(2,3)4/h6-9,13-14H,5,10-12H2,1-4H3. The number of fused-ring (bicyclic) bond motifs is 3. The minimum Gasteiger partial charge on any atom is -0.229 e. The molecule has 1 aliphatic rings. The Bertz CT molecular complexity index is 920. The van der Waals surface area contributed by atoms with E-state index in [4.69, 9.17) is 0 Å². The van der Waals surface area contributed by atoms with Gasteiger partial charge in [0.1, 0.15) is 16.2 Å². The summed E-state index contributed by atoms with van der Waals surface area (Å²) in [6.45, 7) is 9.13. The number of aryl methyl sites for hydroxylation is 1. The summed E-state index contributed by atoms with van der Waals surface area (Å²) in [7, 11) is 0. The van der Waals surface area contributed by atoms with E-state index in [1.165, 1.54) is 51.0 Å². The smallest absolute Gasteiger partial charge is 0.128 e. The molecule has 4 rings (SSSR count). The molecule has 1 aromatic carbocycles. The molecule has 1 aliphatic carbocycles. The van der Waals surface area contributed by atoms with Gasteiger partial charge < -0.3 is 0 Å². The molecule has 0 bridgehead atoms. The minimum atomic E-state index is 0.206. The summed E-state index contributed by atoms with van der Waals surface area (Å²) in [5, 5.41) is 2.48. The Hall–Kier alpha value is -1.39. The van der Waals surface area contributed by atoms with E-state index in [0.717, 1.165) is 16.7 Å². The van der Waals surface area contributed by atoms with Gasteiger partial charge in [-0.1, -0.05) is 52.0 Å². The van der Waals surface area contributed by atoms with E-state index >= 15 is 0 Å². The molecule has 0 saturated heterocycles. The molecule has 0 amide bonds. The molecule has 2 heterocycles. The highest BCUT2D eigenvalue weighted by atomic mass is 32.2. The van der Waals surface area contributed by atoms with Crippen LogP contribution in [0.1, 0.15) is 55.7 Å². The van der Waals surface area contributed by atoms with Crippen molar-refractivity contribution in [3.05, 3.63) is 52.2 Å². The normalized spacial score (nSPS) is 17.5. The average molecular weight is 383 g/mol. The lowest BCUT2D eigenvalue weighted by Gasteiger charge is -2.19. The van der Waals surface area contributed by atoms with Gasteiger partial charge in [0.25, 0.3) is 0 Å². The average Bonchev–Trinajstić information content (AvgIpc) is 2.97. The molecular formula is C22H26N2S2. The highest BCUT2D eigenvalue weighted by Crippen LogP contribution is 2.41. The van der Waals surface area contributed by atoms with Crippen LogP contribution in [0.3, 0.4) is 0 Å². The molecule has 0 fully saturated rings. The summed E-state index contributed by atoms with van der Waals surface area (Å²) < 4.78 is 0. The molecule has 26 heavy (non-hydrogen) atoms. The first-order valence-electron chi connectivity index (χ1n) is 9.39. The van der Waals surface area contributed by atoms with Crippen molar-refractivity contribution in [1.29, 1.82) is 0 Å². The van der Waals surface area contributed by atoms with Crippen LogP contribution in [0.5, 0.6) is 0 Å². The maximum absolute atomic E-state index is 4.64. The third kappa shape index (κ3) is 3.54. The molecule has 0 aliphatic heterocycles. The van der Waals surface area contributed by atoms with Crippen LogP contribution in [-0.4, -0.2) is 9.97 Å². The first-order chi connectivity index (χ1) is 12.4. The van der Waals surface area contributed by atoms with Crippen molar-refractivity contribution in [2.45, 2.75) is 63.2 Å². The van der Waals surface area contributed by atoms with Crippen LogP contribution in [0.4, 0.5) is 0 Å². The lowest BCUT2D eigenvalue weighted by Crippen LogP contribution is -2.10. The third-order valence-electron chi connectivity index (χ3n) is 5.25. The number of thioether (sulfide) groups is 1. The van der Waals surface area contributed by atoms with Gasteiger partial charge >= 0.3 is 0 Å². The molecule has 3 aromatic rings.